The van der Waals surface area contributed by atoms with Crippen LogP contribution in [0.25, 0.3) is 11.1 Å². The molecule has 0 saturated carbocycles. The molecule has 166 valence electrons. The molecule has 1 atom stereocenters. The van der Waals surface area contributed by atoms with Gasteiger partial charge in [0.2, 0.25) is 11.7 Å². The van der Waals surface area contributed by atoms with Gasteiger partial charge in [-0.2, -0.15) is 5.10 Å². The second-order valence-electron chi connectivity index (χ2n) is 7.99. The molecule has 2 amide bonds. The molecule has 32 heavy (non-hydrogen) atoms. The first-order valence-electron chi connectivity index (χ1n) is 10.8. The normalized spacial score (nSPS) is 16.8. The number of nitrogens with one attached hydrogen (secondary N) is 1. The van der Waals surface area contributed by atoms with Crippen molar-refractivity contribution < 1.29 is 14.0 Å². The highest BCUT2D eigenvalue weighted by atomic mass is 19.1. The highest BCUT2D eigenvalue weighted by Crippen LogP contribution is 2.24. The van der Waals surface area contributed by atoms with Crippen LogP contribution in [-0.4, -0.2) is 63.0 Å². The molecule has 3 aromatic rings. The maximum atomic E-state index is 14.1. The number of H-pyrrole nitrogens is 1. The van der Waals surface area contributed by atoms with Crippen molar-refractivity contribution in [1.82, 2.24) is 25.0 Å². The highest BCUT2D eigenvalue weighted by molar-refractivity contribution is 5.91. The SMILES string of the molecule is CCCN1CCN(C(=O)c2ncn[nH]2)CC(Cc2ccc(-c3ccccc3F)cc2)C1=O. The third-order valence-electron chi connectivity index (χ3n) is 5.76. The van der Waals surface area contributed by atoms with Crippen molar-refractivity contribution >= 4 is 11.8 Å². The van der Waals surface area contributed by atoms with Crippen LogP contribution in [0.4, 0.5) is 4.39 Å². The fourth-order valence-electron chi connectivity index (χ4n) is 4.13. The third kappa shape index (κ3) is 4.69. The monoisotopic (exact) mass is 435 g/mol. The summed E-state index contributed by atoms with van der Waals surface area (Å²) >= 11 is 0. The fraction of sp³-hybridized carbons (Fsp3) is 0.333. The van der Waals surface area contributed by atoms with Crippen LogP contribution in [0, 0.1) is 11.7 Å². The fourth-order valence-corrected chi connectivity index (χ4v) is 4.13. The number of aromatic amines is 1. The Balaban J connectivity index is 1.54. The van der Waals surface area contributed by atoms with Crippen molar-refractivity contribution in [3.8, 4) is 11.1 Å². The molecule has 1 unspecified atom stereocenters. The summed E-state index contributed by atoms with van der Waals surface area (Å²) in [5.74, 6) is -0.660. The number of hydrogen-bond acceptors (Lipinski definition) is 4. The molecular formula is C24H26FN5O2. The minimum atomic E-state index is -0.366. The molecule has 0 radical (unpaired) electrons. The van der Waals surface area contributed by atoms with Gasteiger partial charge in [-0.1, -0.05) is 49.4 Å². The Hall–Kier alpha value is -3.55. The van der Waals surface area contributed by atoms with Gasteiger partial charge in [0.05, 0.1) is 5.92 Å². The summed E-state index contributed by atoms with van der Waals surface area (Å²) in [5.41, 5.74) is 2.30. The van der Waals surface area contributed by atoms with Crippen LogP contribution in [0.5, 0.6) is 0 Å². The highest BCUT2D eigenvalue weighted by Gasteiger charge is 2.33. The summed E-state index contributed by atoms with van der Waals surface area (Å²) in [4.78, 5) is 33.5. The molecule has 2 aromatic carbocycles. The van der Waals surface area contributed by atoms with Crippen LogP contribution in [0.1, 0.15) is 29.5 Å². The molecule has 2 heterocycles. The number of halogens is 1. The van der Waals surface area contributed by atoms with Gasteiger partial charge in [-0.3, -0.25) is 14.7 Å². The van der Waals surface area contributed by atoms with Gasteiger partial charge in [0.25, 0.3) is 5.91 Å². The smallest absolute Gasteiger partial charge is 0.291 e. The Morgan fingerprint density at radius 3 is 2.62 bits per heavy atom. The van der Waals surface area contributed by atoms with E-state index in [2.05, 4.69) is 15.2 Å². The molecule has 1 saturated heterocycles. The molecule has 1 N–H and O–H groups in total. The number of amides is 2. The molecule has 8 heteroatoms. The summed E-state index contributed by atoms with van der Waals surface area (Å²) in [7, 11) is 0. The van der Waals surface area contributed by atoms with Crippen LogP contribution in [-0.2, 0) is 11.2 Å². The van der Waals surface area contributed by atoms with Crippen LogP contribution < -0.4 is 0 Å². The Bertz CT molecular complexity index is 1070. The van der Waals surface area contributed by atoms with Crippen molar-refractivity contribution in [3.05, 3.63) is 72.1 Å². The van der Waals surface area contributed by atoms with Gasteiger partial charge in [0.15, 0.2) is 0 Å². The largest absolute Gasteiger partial charge is 0.341 e. The maximum Gasteiger partial charge on any atom is 0.291 e. The van der Waals surface area contributed by atoms with Gasteiger partial charge >= 0.3 is 0 Å². The lowest BCUT2D eigenvalue weighted by Gasteiger charge is -2.23. The zero-order chi connectivity index (χ0) is 22.5. The molecule has 0 aliphatic carbocycles. The lowest BCUT2D eigenvalue weighted by atomic mass is 9.95. The van der Waals surface area contributed by atoms with Crippen molar-refractivity contribution in [2.45, 2.75) is 19.8 Å². The molecule has 0 spiro atoms. The number of hydrogen-bond donors (Lipinski definition) is 1. The zero-order valence-electron chi connectivity index (χ0n) is 18.0. The molecule has 1 aromatic heterocycles. The van der Waals surface area contributed by atoms with Crippen LogP contribution in [0.3, 0.4) is 0 Å². The molecule has 7 nitrogen and oxygen atoms in total. The molecule has 1 aliphatic rings. The minimum Gasteiger partial charge on any atom is -0.341 e. The van der Waals surface area contributed by atoms with E-state index in [9.17, 15) is 14.0 Å². The van der Waals surface area contributed by atoms with Crippen molar-refractivity contribution in [1.29, 1.82) is 0 Å². The molecule has 4 rings (SSSR count). The number of benzene rings is 2. The van der Waals surface area contributed by atoms with E-state index in [0.717, 1.165) is 17.5 Å². The third-order valence-corrected chi connectivity index (χ3v) is 5.76. The van der Waals surface area contributed by atoms with E-state index >= 15 is 0 Å². The average molecular weight is 436 g/mol. The van der Waals surface area contributed by atoms with E-state index < -0.39 is 0 Å². The Morgan fingerprint density at radius 2 is 1.94 bits per heavy atom. The first-order valence-corrected chi connectivity index (χ1v) is 10.8. The predicted octanol–water partition coefficient (Wildman–Crippen LogP) is 3.16. The van der Waals surface area contributed by atoms with E-state index in [1.54, 1.807) is 23.1 Å². The number of rotatable bonds is 6. The second-order valence-corrected chi connectivity index (χ2v) is 7.99. The van der Waals surface area contributed by atoms with E-state index in [-0.39, 0.29) is 29.4 Å². The van der Waals surface area contributed by atoms with Gasteiger partial charge in [-0.05, 0) is 30.0 Å². The number of carbonyl (C=O) groups excluding carboxylic acids is 2. The van der Waals surface area contributed by atoms with E-state index in [1.807, 2.05) is 36.1 Å². The van der Waals surface area contributed by atoms with Gasteiger partial charge in [0.1, 0.15) is 12.1 Å². The van der Waals surface area contributed by atoms with Crippen LogP contribution >= 0.6 is 0 Å². The number of carbonyl (C=O) groups is 2. The molecule has 0 bridgehead atoms. The maximum absolute atomic E-state index is 14.1. The van der Waals surface area contributed by atoms with Gasteiger partial charge in [-0.25, -0.2) is 9.37 Å². The van der Waals surface area contributed by atoms with Gasteiger partial charge in [-0.15, -0.1) is 0 Å². The van der Waals surface area contributed by atoms with E-state index in [1.165, 1.54) is 12.4 Å². The predicted molar refractivity (Wildman–Crippen MR) is 118 cm³/mol. The Kier molecular flexibility index (Phi) is 6.58. The summed E-state index contributed by atoms with van der Waals surface area (Å²) in [6, 6.07) is 14.2. The van der Waals surface area contributed by atoms with Crippen LogP contribution in [0.15, 0.2) is 54.9 Å². The van der Waals surface area contributed by atoms with E-state index in [4.69, 9.17) is 0 Å². The molecule has 1 fully saturated rings. The molecule has 1 aliphatic heterocycles. The van der Waals surface area contributed by atoms with E-state index in [0.29, 0.717) is 38.2 Å². The van der Waals surface area contributed by atoms with Gasteiger partial charge < -0.3 is 9.80 Å². The lowest BCUT2D eigenvalue weighted by Crippen LogP contribution is -2.38. The first kappa shape index (κ1) is 21.7. The topological polar surface area (TPSA) is 82.2 Å². The zero-order valence-corrected chi connectivity index (χ0v) is 18.0. The summed E-state index contributed by atoms with van der Waals surface area (Å²) in [6.45, 7) is 3.95. The second kappa shape index (κ2) is 9.72. The summed E-state index contributed by atoms with van der Waals surface area (Å²) < 4.78 is 14.1. The first-order chi connectivity index (χ1) is 15.6. The lowest BCUT2D eigenvalue weighted by molar-refractivity contribution is -0.134. The summed E-state index contributed by atoms with van der Waals surface area (Å²) in [5, 5.41) is 6.37. The average Bonchev–Trinajstić information content (AvgIpc) is 3.30. The number of aromatic nitrogens is 3. The summed E-state index contributed by atoms with van der Waals surface area (Å²) in [6.07, 6.45) is 2.65. The van der Waals surface area contributed by atoms with Gasteiger partial charge in [0, 0.05) is 31.7 Å². The Morgan fingerprint density at radius 1 is 1.16 bits per heavy atom. The molecular weight excluding hydrogens is 409 g/mol. The van der Waals surface area contributed by atoms with Crippen LogP contribution in [0.2, 0.25) is 0 Å². The van der Waals surface area contributed by atoms with Crippen molar-refractivity contribution in [2.75, 3.05) is 26.2 Å². The minimum absolute atomic E-state index is 0.0536. The van der Waals surface area contributed by atoms with Crippen molar-refractivity contribution in [2.24, 2.45) is 5.92 Å². The standard InChI is InChI=1S/C24H26FN5O2/c1-2-11-29-12-13-30(24(32)22-26-16-27-28-22)15-19(23(29)31)14-17-7-9-18(10-8-17)20-5-3-4-6-21(20)25/h3-10,16,19H,2,11-15H2,1H3,(H,26,27,28). The quantitative estimate of drug-likeness (QED) is 0.645. The Labute approximate surface area is 186 Å². The van der Waals surface area contributed by atoms with Crippen molar-refractivity contribution in [3.63, 3.8) is 0 Å². The number of nitrogens with zero attached hydrogens (tertiary/aromatic N) is 4.